The van der Waals surface area contributed by atoms with Gasteiger partial charge >= 0.3 is 17.9 Å². The number of methoxy groups -OCH3 is 1. The van der Waals surface area contributed by atoms with Crippen LogP contribution in [0, 0.1) is 28.1 Å². The molecule has 0 amide bonds. The first-order chi connectivity index (χ1) is 19.2. The van der Waals surface area contributed by atoms with Crippen LogP contribution in [0.5, 0.6) is 0 Å². The molecule has 2 saturated carbocycles. The van der Waals surface area contributed by atoms with Crippen LogP contribution >= 0.6 is 0 Å². The number of esters is 3. The zero-order valence-corrected chi connectivity index (χ0v) is 24.9. The number of furan rings is 1. The van der Waals surface area contributed by atoms with Crippen molar-refractivity contribution < 1.29 is 42.9 Å². The second-order valence-corrected chi connectivity index (χ2v) is 13.2. The molecule has 4 aliphatic rings. The number of aliphatic hydroxyl groups is 1. The van der Waals surface area contributed by atoms with Crippen molar-refractivity contribution in [2.45, 2.75) is 91.5 Å². The molecule has 222 valence electrons. The molecule has 1 N–H and O–H groups in total. The van der Waals surface area contributed by atoms with Crippen LogP contribution in [-0.4, -0.2) is 47.6 Å². The van der Waals surface area contributed by atoms with E-state index in [2.05, 4.69) is 6.92 Å². The van der Waals surface area contributed by atoms with Gasteiger partial charge in [-0.1, -0.05) is 39.3 Å². The lowest BCUT2D eigenvalue weighted by Gasteiger charge is -2.65. The van der Waals surface area contributed by atoms with E-state index in [1.54, 1.807) is 32.3 Å². The molecule has 1 aromatic rings. The van der Waals surface area contributed by atoms with Gasteiger partial charge in [-0.15, -0.1) is 0 Å². The lowest BCUT2D eigenvalue weighted by Crippen LogP contribution is -2.75. The lowest BCUT2D eigenvalue weighted by atomic mass is 9.39. The van der Waals surface area contributed by atoms with Crippen molar-refractivity contribution in [1.29, 1.82) is 0 Å². The van der Waals surface area contributed by atoms with E-state index in [1.165, 1.54) is 13.4 Å². The summed E-state index contributed by atoms with van der Waals surface area (Å²) in [6.45, 7) is 10.9. The van der Waals surface area contributed by atoms with Gasteiger partial charge in [0, 0.05) is 40.2 Å². The first kappa shape index (κ1) is 29.3. The number of ether oxygens (including phenoxy) is 3. The maximum Gasteiger partial charge on any atom is 0.333 e. The van der Waals surface area contributed by atoms with Crippen molar-refractivity contribution in [3.63, 3.8) is 0 Å². The molecule has 2 heterocycles. The molecule has 0 aromatic carbocycles. The van der Waals surface area contributed by atoms with Gasteiger partial charge in [0.15, 0.2) is 11.4 Å². The van der Waals surface area contributed by atoms with Gasteiger partial charge in [-0.25, -0.2) is 4.79 Å². The molecule has 41 heavy (non-hydrogen) atoms. The maximum absolute atomic E-state index is 14.5. The van der Waals surface area contributed by atoms with Crippen LogP contribution < -0.4 is 0 Å². The quantitative estimate of drug-likeness (QED) is 0.231. The van der Waals surface area contributed by atoms with Crippen molar-refractivity contribution in [3.05, 3.63) is 47.0 Å². The van der Waals surface area contributed by atoms with Crippen LogP contribution in [0.1, 0.15) is 85.3 Å². The molecule has 7 atom stereocenters. The minimum absolute atomic E-state index is 0.0320. The topological polar surface area (TPSA) is 129 Å². The summed E-state index contributed by atoms with van der Waals surface area (Å²) in [5, 5.41) is 12.4. The van der Waals surface area contributed by atoms with Gasteiger partial charge in [0.25, 0.3) is 0 Å². The van der Waals surface area contributed by atoms with E-state index in [0.717, 1.165) is 16.7 Å². The normalized spacial score (nSPS) is 38.0. The number of fused-ring (bicyclic) bond motifs is 5. The summed E-state index contributed by atoms with van der Waals surface area (Å²) < 4.78 is 22.3. The molecule has 9 heteroatoms. The Kier molecular flexibility index (Phi) is 6.92. The number of carbonyl (C=O) groups excluding carboxylic acids is 4. The monoisotopic (exact) mass is 568 g/mol. The molecule has 0 spiro atoms. The molecule has 1 aromatic heterocycles. The number of ketones is 1. The molecule has 5 rings (SSSR count). The summed E-state index contributed by atoms with van der Waals surface area (Å²) in [7, 11) is 1.30. The molecule has 3 fully saturated rings. The fourth-order valence-electron chi connectivity index (χ4n) is 8.62. The average molecular weight is 569 g/mol. The van der Waals surface area contributed by atoms with Crippen molar-refractivity contribution >= 4 is 23.7 Å². The highest BCUT2D eigenvalue weighted by Gasteiger charge is 2.74. The fourth-order valence-corrected chi connectivity index (χ4v) is 8.62. The predicted octanol–water partition coefficient (Wildman–Crippen LogP) is 4.79. The third-order valence-electron chi connectivity index (χ3n) is 10.8. The van der Waals surface area contributed by atoms with Gasteiger partial charge in [-0.3, -0.25) is 14.4 Å². The van der Waals surface area contributed by atoms with Gasteiger partial charge < -0.3 is 23.7 Å². The second kappa shape index (κ2) is 9.68. The summed E-state index contributed by atoms with van der Waals surface area (Å²) in [6, 6.07) is 1.78. The number of rotatable bonds is 5. The van der Waals surface area contributed by atoms with Crippen molar-refractivity contribution in [3.8, 4) is 0 Å². The number of Topliss-reactive ketones (excluding diaryl/α,β-unsaturated/α-hetero) is 1. The minimum Gasteiger partial charge on any atom is -0.472 e. The van der Waals surface area contributed by atoms with Crippen molar-refractivity contribution in [2.75, 3.05) is 7.11 Å². The Morgan fingerprint density at radius 3 is 2.51 bits per heavy atom. The first-order valence-electron chi connectivity index (χ1n) is 14.3. The van der Waals surface area contributed by atoms with Crippen LogP contribution in [0.3, 0.4) is 0 Å². The van der Waals surface area contributed by atoms with Crippen molar-refractivity contribution in [2.24, 2.45) is 28.1 Å². The Labute approximate surface area is 240 Å². The highest BCUT2D eigenvalue weighted by Crippen LogP contribution is 2.69. The SMILES string of the molecule is CC=C(C)C(=O)OC1C2(O)CC3=C4CC(=O)OC(c5ccoc5)C4(C)CCC3C(C)(C2=O)C(CC(=O)OC)C1(C)C. The van der Waals surface area contributed by atoms with Crippen LogP contribution in [0.25, 0.3) is 0 Å². The van der Waals surface area contributed by atoms with Crippen LogP contribution in [-0.2, 0) is 33.4 Å². The van der Waals surface area contributed by atoms with E-state index < -0.39 is 63.7 Å². The van der Waals surface area contributed by atoms with Gasteiger partial charge in [-0.05, 0) is 50.2 Å². The summed E-state index contributed by atoms with van der Waals surface area (Å²) >= 11 is 0. The Bertz CT molecular complexity index is 1350. The number of allylic oxidation sites excluding steroid dienone is 1. The molecule has 2 bridgehead atoms. The van der Waals surface area contributed by atoms with E-state index in [4.69, 9.17) is 18.6 Å². The molecular formula is C32H40O9. The van der Waals surface area contributed by atoms with E-state index in [-0.39, 0.29) is 25.2 Å². The van der Waals surface area contributed by atoms with E-state index in [9.17, 15) is 24.3 Å². The number of hydrogen-bond acceptors (Lipinski definition) is 9. The third kappa shape index (κ3) is 4.06. The summed E-state index contributed by atoms with van der Waals surface area (Å²) in [6.07, 6.45) is 4.00. The predicted molar refractivity (Wildman–Crippen MR) is 146 cm³/mol. The fraction of sp³-hybridized carbons (Fsp3) is 0.625. The van der Waals surface area contributed by atoms with E-state index in [0.29, 0.717) is 18.4 Å². The van der Waals surface area contributed by atoms with Crippen LogP contribution in [0.2, 0.25) is 0 Å². The molecule has 3 aliphatic carbocycles. The highest BCUT2D eigenvalue weighted by atomic mass is 16.6. The zero-order chi connectivity index (χ0) is 30.1. The summed E-state index contributed by atoms with van der Waals surface area (Å²) in [4.78, 5) is 53.5. The number of hydrogen-bond donors (Lipinski definition) is 1. The second-order valence-electron chi connectivity index (χ2n) is 13.2. The Balaban J connectivity index is 1.73. The van der Waals surface area contributed by atoms with Gasteiger partial charge in [0.1, 0.15) is 12.2 Å². The van der Waals surface area contributed by atoms with E-state index >= 15 is 0 Å². The van der Waals surface area contributed by atoms with Gasteiger partial charge in [-0.2, -0.15) is 0 Å². The third-order valence-corrected chi connectivity index (χ3v) is 10.8. The Morgan fingerprint density at radius 1 is 1.20 bits per heavy atom. The Morgan fingerprint density at radius 2 is 1.90 bits per heavy atom. The molecule has 7 unspecified atom stereocenters. The summed E-state index contributed by atoms with van der Waals surface area (Å²) in [5.74, 6) is -2.90. The largest absolute Gasteiger partial charge is 0.472 e. The zero-order valence-electron chi connectivity index (χ0n) is 24.9. The molecule has 1 saturated heterocycles. The number of carbonyl (C=O) groups is 4. The maximum atomic E-state index is 14.5. The molecule has 0 radical (unpaired) electrons. The highest BCUT2D eigenvalue weighted by molar-refractivity contribution is 5.98. The van der Waals surface area contributed by atoms with Gasteiger partial charge in [0.2, 0.25) is 0 Å². The van der Waals surface area contributed by atoms with E-state index in [1.807, 2.05) is 20.8 Å². The average Bonchev–Trinajstić information content (AvgIpc) is 3.46. The minimum atomic E-state index is -2.06. The molecular weight excluding hydrogens is 528 g/mol. The Hall–Kier alpha value is -3.20. The lowest BCUT2D eigenvalue weighted by molar-refractivity contribution is -0.234. The number of cyclic esters (lactones) is 1. The van der Waals surface area contributed by atoms with Crippen molar-refractivity contribution in [1.82, 2.24) is 0 Å². The summed E-state index contributed by atoms with van der Waals surface area (Å²) in [5.41, 5.74) is -2.05. The molecule has 1 aliphatic heterocycles. The standard InChI is InChI=1S/C32H40O9/c1-8-17(2)26(35)41-28-29(3,4)22(14-23(33)38-7)31(6)20-9-11-30(5)21(19(20)15-32(28,37)27(31)36)13-24(34)40-25(30)18-10-12-39-16-18/h8,10,12,16,20,22,25,28,37H,9,11,13-15H2,1-7H3. The molecule has 9 nitrogen and oxygen atoms in total. The van der Waals surface area contributed by atoms with Gasteiger partial charge in [0.05, 0.1) is 26.1 Å². The smallest absolute Gasteiger partial charge is 0.333 e. The van der Waals surface area contributed by atoms with Crippen LogP contribution in [0.15, 0.2) is 45.8 Å². The first-order valence-corrected chi connectivity index (χ1v) is 14.3. The van der Waals surface area contributed by atoms with Crippen LogP contribution in [0.4, 0.5) is 0 Å².